The Morgan fingerprint density at radius 3 is 2.73 bits per heavy atom. The third-order valence-electron chi connectivity index (χ3n) is 5.89. The fourth-order valence-electron chi connectivity index (χ4n) is 4.49. The van der Waals surface area contributed by atoms with Crippen molar-refractivity contribution in [1.29, 1.82) is 0 Å². The molecule has 3 rings (SSSR count). The maximum absolute atomic E-state index is 12.5. The Labute approximate surface area is 153 Å². The van der Waals surface area contributed by atoms with Crippen LogP contribution in [0.1, 0.15) is 37.7 Å². The number of hydrogen-bond donors (Lipinski definition) is 2. The number of hydrogen-bond acceptors (Lipinski definition) is 4. The molecule has 1 aromatic carbocycles. The van der Waals surface area contributed by atoms with E-state index >= 15 is 0 Å². The summed E-state index contributed by atoms with van der Waals surface area (Å²) < 4.78 is 5.09. The van der Waals surface area contributed by atoms with E-state index in [-0.39, 0.29) is 17.3 Å². The fourth-order valence-corrected chi connectivity index (χ4v) is 4.49. The molecule has 1 saturated carbocycles. The first-order chi connectivity index (χ1) is 12.5. The number of fused-ring (bicyclic) bond motifs is 1. The lowest BCUT2D eigenvalue weighted by molar-refractivity contribution is -0.902. The van der Waals surface area contributed by atoms with Crippen LogP contribution in [0.25, 0.3) is 0 Å². The number of methoxy groups -OCH3 is 1. The smallest absolute Gasteiger partial charge is 0.311 e. The van der Waals surface area contributed by atoms with Crippen molar-refractivity contribution >= 4 is 17.3 Å². The van der Waals surface area contributed by atoms with Crippen molar-refractivity contribution < 1.29 is 19.4 Å². The molecule has 3 atom stereocenters. The third-order valence-corrected chi connectivity index (χ3v) is 5.89. The number of aryl methyl sites for hydroxylation is 1. The minimum atomic E-state index is -0.476. The minimum Gasteiger partial charge on any atom is -0.490 e. The molecule has 1 heterocycles. The molecule has 1 saturated heterocycles. The molecule has 0 spiro atoms. The zero-order valence-corrected chi connectivity index (χ0v) is 15.5. The summed E-state index contributed by atoms with van der Waals surface area (Å²) in [5, 5.41) is 14.0. The topological polar surface area (TPSA) is 85.9 Å². The number of carbonyl (C=O) groups excluding carboxylic acids is 1. The molecule has 1 aliphatic heterocycles. The molecule has 142 valence electrons. The van der Waals surface area contributed by atoms with Gasteiger partial charge in [-0.1, -0.05) is 12.8 Å². The fraction of sp³-hybridized carbons (Fsp3) is 0.632. The molecule has 7 heteroatoms. The van der Waals surface area contributed by atoms with Gasteiger partial charge in [0.25, 0.3) is 5.91 Å². The number of nitro benzene ring substituents is 1. The summed E-state index contributed by atoms with van der Waals surface area (Å²) in [6.07, 6.45) is 6.55. The largest absolute Gasteiger partial charge is 0.490 e. The average Bonchev–Trinajstić information content (AvgIpc) is 2.62. The van der Waals surface area contributed by atoms with Crippen LogP contribution in [0.2, 0.25) is 0 Å². The van der Waals surface area contributed by atoms with Gasteiger partial charge in [0.2, 0.25) is 0 Å². The lowest BCUT2D eigenvalue weighted by Crippen LogP contribution is -3.15. The Morgan fingerprint density at radius 2 is 2.04 bits per heavy atom. The van der Waals surface area contributed by atoms with Gasteiger partial charge in [-0.05, 0) is 37.7 Å². The number of quaternary nitrogens is 1. The number of benzene rings is 1. The number of rotatable bonds is 5. The van der Waals surface area contributed by atoms with Gasteiger partial charge in [0.15, 0.2) is 12.3 Å². The van der Waals surface area contributed by atoms with Gasteiger partial charge in [0.05, 0.1) is 25.1 Å². The molecular weight excluding hydrogens is 334 g/mol. The summed E-state index contributed by atoms with van der Waals surface area (Å²) in [4.78, 5) is 24.5. The second-order valence-corrected chi connectivity index (χ2v) is 7.62. The summed E-state index contributed by atoms with van der Waals surface area (Å²) >= 11 is 0. The maximum atomic E-state index is 12.5. The zero-order chi connectivity index (χ0) is 18.7. The van der Waals surface area contributed by atoms with Crippen LogP contribution in [0.4, 0.5) is 11.4 Å². The Morgan fingerprint density at radius 1 is 1.31 bits per heavy atom. The lowest BCUT2D eigenvalue weighted by Gasteiger charge is -2.38. The summed E-state index contributed by atoms with van der Waals surface area (Å²) in [5.41, 5.74) is 1.14. The van der Waals surface area contributed by atoms with Crippen molar-refractivity contribution in [3.05, 3.63) is 27.8 Å². The van der Waals surface area contributed by atoms with E-state index in [2.05, 4.69) is 5.32 Å². The van der Waals surface area contributed by atoms with Crippen LogP contribution < -0.4 is 15.0 Å². The maximum Gasteiger partial charge on any atom is 0.311 e. The van der Waals surface area contributed by atoms with E-state index in [0.29, 0.717) is 17.8 Å². The van der Waals surface area contributed by atoms with E-state index in [9.17, 15) is 14.9 Å². The predicted octanol–water partition coefficient (Wildman–Crippen LogP) is 1.95. The Bertz CT molecular complexity index is 692. The molecule has 1 aromatic rings. The molecular formula is C19H28N3O4+. The second-order valence-electron chi connectivity index (χ2n) is 7.62. The molecule has 0 bridgehead atoms. The Hall–Kier alpha value is -2.15. The summed E-state index contributed by atoms with van der Waals surface area (Å²) in [6, 6.07) is 2.98. The van der Waals surface area contributed by atoms with Crippen LogP contribution in [0.3, 0.4) is 0 Å². The van der Waals surface area contributed by atoms with Crippen LogP contribution in [-0.2, 0) is 4.79 Å². The molecule has 2 N–H and O–H groups in total. The van der Waals surface area contributed by atoms with Crippen molar-refractivity contribution in [3.8, 4) is 5.75 Å². The zero-order valence-electron chi connectivity index (χ0n) is 15.5. The van der Waals surface area contributed by atoms with E-state index in [1.54, 1.807) is 6.92 Å². The molecule has 2 aliphatic rings. The average molecular weight is 362 g/mol. The van der Waals surface area contributed by atoms with Gasteiger partial charge in [-0.25, -0.2) is 0 Å². The number of piperidine rings is 1. The second kappa shape index (κ2) is 8.03. The third kappa shape index (κ3) is 4.15. The van der Waals surface area contributed by atoms with Crippen molar-refractivity contribution in [2.45, 2.75) is 39.0 Å². The molecule has 1 amide bonds. The van der Waals surface area contributed by atoms with Crippen molar-refractivity contribution in [3.63, 3.8) is 0 Å². The van der Waals surface area contributed by atoms with Crippen LogP contribution in [0, 0.1) is 28.9 Å². The van der Waals surface area contributed by atoms with E-state index in [1.165, 1.54) is 56.2 Å². The summed E-state index contributed by atoms with van der Waals surface area (Å²) in [5.74, 6) is 1.73. The number of amides is 1. The quantitative estimate of drug-likeness (QED) is 0.619. The van der Waals surface area contributed by atoms with Crippen LogP contribution in [-0.4, -0.2) is 37.6 Å². The van der Waals surface area contributed by atoms with Gasteiger partial charge in [-0.3, -0.25) is 14.9 Å². The van der Waals surface area contributed by atoms with Gasteiger partial charge < -0.3 is 15.0 Å². The highest BCUT2D eigenvalue weighted by Gasteiger charge is 2.34. The number of ether oxygens (including phenoxy) is 1. The number of nitro groups is 1. The van der Waals surface area contributed by atoms with Crippen molar-refractivity contribution in [2.75, 3.05) is 32.1 Å². The summed E-state index contributed by atoms with van der Waals surface area (Å²) in [7, 11) is 1.39. The van der Waals surface area contributed by atoms with Gasteiger partial charge in [-0.2, -0.15) is 0 Å². The summed E-state index contributed by atoms with van der Waals surface area (Å²) in [6.45, 7) is 4.34. The number of likely N-dealkylation sites (tertiary alicyclic amines) is 1. The first-order valence-corrected chi connectivity index (χ1v) is 9.44. The molecule has 1 aliphatic carbocycles. The Balaban J connectivity index is 1.62. The van der Waals surface area contributed by atoms with Crippen molar-refractivity contribution in [2.24, 2.45) is 11.8 Å². The predicted molar refractivity (Wildman–Crippen MR) is 98.6 cm³/mol. The first-order valence-electron chi connectivity index (χ1n) is 9.44. The lowest BCUT2D eigenvalue weighted by atomic mass is 9.75. The van der Waals surface area contributed by atoms with Gasteiger partial charge in [-0.15, -0.1) is 0 Å². The number of nitrogens with one attached hydrogen (secondary N) is 2. The Kier molecular flexibility index (Phi) is 5.76. The highest BCUT2D eigenvalue weighted by atomic mass is 16.6. The standard InChI is InChI=1S/C19H27N3O4/c1-13-9-17(22(24)25)18(26-2)10-16(13)20-19(23)12-21-8-7-14-5-3-4-6-15(14)11-21/h9-10,14-15H,3-8,11-12H2,1-2H3,(H,20,23)/p+1/t14-,15+/m0/s1. The van der Waals surface area contributed by atoms with Gasteiger partial charge in [0, 0.05) is 23.7 Å². The van der Waals surface area contributed by atoms with Crippen LogP contribution in [0.15, 0.2) is 12.1 Å². The van der Waals surface area contributed by atoms with Gasteiger partial charge >= 0.3 is 5.69 Å². The molecule has 1 unspecified atom stereocenters. The number of nitrogens with zero attached hydrogens (tertiary/aromatic N) is 1. The minimum absolute atomic E-state index is 0.0479. The molecule has 7 nitrogen and oxygen atoms in total. The van der Waals surface area contributed by atoms with Crippen molar-refractivity contribution in [1.82, 2.24) is 0 Å². The monoisotopic (exact) mass is 362 g/mol. The SMILES string of the molecule is COc1cc(NC(=O)C[NH+]2CC[C@@H]3CCCC[C@@H]3C2)c(C)cc1[N+](=O)[O-]. The van der Waals surface area contributed by atoms with E-state index in [1.807, 2.05) is 0 Å². The number of carbonyl (C=O) groups is 1. The van der Waals surface area contributed by atoms with E-state index in [4.69, 9.17) is 4.74 Å². The molecule has 2 fully saturated rings. The molecule has 26 heavy (non-hydrogen) atoms. The molecule has 0 radical (unpaired) electrons. The highest BCUT2D eigenvalue weighted by Crippen LogP contribution is 2.33. The first kappa shape index (κ1) is 18.6. The molecule has 0 aromatic heterocycles. The normalized spacial score (nSPS) is 25.2. The van der Waals surface area contributed by atoms with E-state index in [0.717, 1.165) is 24.9 Å². The van der Waals surface area contributed by atoms with Gasteiger partial charge in [0.1, 0.15) is 0 Å². The number of anilines is 1. The van der Waals surface area contributed by atoms with Crippen LogP contribution >= 0.6 is 0 Å². The van der Waals surface area contributed by atoms with E-state index < -0.39 is 4.92 Å². The van der Waals surface area contributed by atoms with Crippen LogP contribution in [0.5, 0.6) is 5.75 Å². The highest BCUT2D eigenvalue weighted by molar-refractivity contribution is 5.92.